The molecule has 3 aromatic rings. The topological polar surface area (TPSA) is 79.6 Å². The number of halogens is 1. The molecule has 0 aliphatic rings. The molecule has 0 radical (unpaired) electrons. The summed E-state index contributed by atoms with van der Waals surface area (Å²) in [5.74, 6) is 0. The lowest BCUT2D eigenvalue weighted by molar-refractivity contribution is 0.561. The van der Waals surface area contributed by atoms with E-state index in [1.54, 1.807) is 36.4 Å². The molecular weight excluding hydrogens is 408 g/mol. The van der Waals surface area contributed by atoms with E-state index in [1.165, 1.54) is 6.07 Å². The van der Waals surface area contributed by atoms with Crippen molar-refractivity contribution in [3.63, 3.8) is 0 Å². The third-order valence-electron chi connectivity index (χ3n) is 3.59. The minimum atomic E-state index is -3.79. The Morgan fingerprint density at radius 2 is 1.80 bits per heavy atom. The van der Waals surface area contributed by atoms with Crippen molar-refractivity contribution >= 4 is 48.3 Å². The van der Waals surface area contributed by atoms with Crippen molar-refractivity contribution in [3.8, 4) is 0 Å². The van der Waals surface area contributed by atoms with Gasteiger partial charge in [-0.2, -0.15) is 0 Å². The SMILES string of the molecule is CN(C)c1ccc(Br)c(S(=O)(=O)Nc2ccc3oc(=O)ccc3c2)c1. The van der Waals surface area contributed by atoms with Gasteiger partial charge in [0.25, 0.3) is 10.0 Å². The zero-order chi connectivity index (χ0) is 18.2. The van der Waals surface area contributed by atoms with E-state index in [9.17, 15) is 13.2 Å². The third kappa shape index (κ3) is 3.69. The first-order valence-corrected chi connectivity index (χ1v) is 9.57. The molecule has 0 spiro atoms. The molecule has 1 aromatic heterocycles. The maximum absolute atomic E-state index is 12.8. The number of anilines is 2. The fourth-order valence-electron chi connectivity index (χ4n) is 2.32. The Kier molecular flexibility index (Phi) is 4.57. The molecule has 0 aliphatic heterocycles. The van der Waals surface area contributed by atoms with Crippen LogP contribution in [0.3, 0.4) is 0 Å². The summed E-state index contributed by atoms with van der Waals surface area (Å²) in [5, 5.41) is 0.626. The zero-order valence-corrected chi connectivity index (χ0v) is 15.9. The highest BCUT2D eigenvalue weighted by Crippen LogP contribution is 2.29. The Balaban J connectivity index is 2.00. The van der Waals surface area contributed by atoms with Crippen molar-refractivity contribution in [2.24, 2.45) is 0 Å². The molecule has 0 aliphatic carbocycles. The monoisotopic (exact) mass is 422 g/mol. The second kappa shape index (κ2) is 6.53. The van der Waals surface area contributed by atoms with Gasteiger partial charge in [0, 0.05) is 41.4 Å². The highest BCUT2D eigenvalue weighted by atomic mass is 79.9. The van der Waals surface area contributed by atoms with Crippen LogP contribution in [0.2, 0.25) is 0 Å². The molecule has 0 saturated heterocycles. The highest BCUT2D eigenvalue weighted by Gasteiger charge is 2.19. The minimum absolute atomic E-state index is 0.137. The van der Waals surface area contributed by atoms with Gasteiger partial charge in [0.2, 0.25) is 0 Å². The zero-order valence-electron chi connectivity index (χ0n) is 13.5. The number of sulfonamides is 1. The number of hydrogen-bond acceptors (Lipinski definition) is 5. The van der Waals surface area contributed by atoms with E-state index in [1.807, 2.05) is 25.1 Å². The summed E-state index contributed by atoms with van der Waals surface area (Å²) in [6.45, 7) is 0. The quantitative estimate of drug-likeness (QED) is 0.651. The van der Waals surface area contributed by atoms with Crippen LogP contribution in [0.5, 0.6) is 0 Å². The normalized spacial score (nSPS) is 11.5. The van der Waals surface area contributed by atoms with E-state index in [0.717, 1.165) is 5.69 Å². The molecular formula is C17H15BrN2O4S. The van der Waals surface area contributed by atoms with Crippen molar-refractivity contribution < 1.29 is 12.8 Å². The van der Waals surface area contributed by atoms with Gasteiger partial charge in [-0.15, -0.1) is 0 Å². The van der Waals surface area contributed by atoms with Crippen LogP contribution in [0, 0.1) is 0 Å². The lowest BCUT2D eigenvalue weighted by Crippen LogP contribution is -2.15. The number of nitrogens with zero attached hydrogens (tertiary/aromatic N) is 1. The third-order valence-corrected chi connectivity index (χ3v) is 5.97. The maximum Gasteiger partial charge on any atom is 0.336 e. The predicted molar refractivity (Wildman–Crippen MR) is 102 cm³/mol. The smallest absolute Gasteiger partial charge is 0.336 e. The summed E-state index contributed by atoms with van der Waals surface area (Å²) < 4.78 is 33.6. The van der Waals surface area contributed by atoms with Crippen LogP contribution < -0.4 is 15.2 Å². The first kappa shape index (κ1) is 17.5. The molecule has 0 saturated carbocycles. The molecule has 0 bridgehead atoms. The number of rotatable bonds is 4. The molecule has 1 N–H and O–H groups in total. The molecule has 6 nitrogen and oxygen atoms in total. The second-order valence-corrected chi connectivity index (χ2v) is 8.13. The van der Waals surface area contributed by atoms with Crippen molar-refractivity contribution in [3.05, 3.63) is 63.4 Å². The van der Waals surface area contributed by atoms with Crippen molar-refractivity contribution in [2.45, 2.75) is 4.90 Å². The van der Waals surface area contributed by atoms with E-state index < -0.39 is 15.6 Å². The molecule has 0 atom stereocenters. The first-order chi connectivity index (χ1) is 11.8. The fourth-order valence-corrected chi connectivity index (χ4v) is 4.36. The first-order valence-electron chi connectivity index (χ1n) is 7.30. The van der Waals surface area contributed by atoms with Gasteiger partial charge in [-0.3, -0.25) is 4.72 Å². The van der Waals surface area contributed by atoms with Crippen LogP contribution >= 0.6 is 15.9 Å². The largest absolute Gasteiger partial charge is 0.423 e. The van der Waals surface area contributed by atoms with Gasteiger partial charge < -0.3 is 9.32 Å². The van der Waals surface area contributed by atoms with Crippen LogP contribution in [-0.4, -0.2) is 22.5 Å². The van der Waals surface area contributed by atoms with E-state index in [2.05, 4.69) is 20.7 Å². The lowest BCUT2D eigenvalue weighted by Gasteiger charge is -2.16. The van der Waals surface area contributed by atoms with Gasteiger partial charge in [0.1, 0.15) is 10.5 Å². The Bertz CT molecular complexity index is 1110. The van der Waals surface area contributed by atoms with Crippen LogP contribution in [0.1, 0.15) is 0 Å². The van der Waals surface area contributed by atoms with Gasteiger partial charge in [-0.25, -0.2) is 13.2 Å². The number of nitrogens with one attached hydrogen (secondary N) is 1. The summed E-state index contributed by atoms with van der Waals surface area (Å²) in [4.78, 5) is 13.2. The van der Waals surface area contributed by atoms with Gasteiger partial charge in [0.15, 0.2) is 0 Å². The summed E-state index contributed by atoms with van der Waals surface area (Å²) in [6.07, 6.45) is 0. The van der Waals surface area contributed by atoms with E-state index in [-0.39, 0.29) is 4.90 Å². The summed E-state index contributed by atoms with van der Waals surface area (Å²) in [5.41, 5.74) is 1.09. The van der Waals surface area contributed by atoms with Crippen LogP contribution in [-0.2, 0) is 10.0 Å². The summed E-state index contributed by atoms with van der Waals surface area (Å²) in [7, 11) is -0.118. The molecule has 130 valence electrons. The van der Waals surface area contributed by atoms with Gasteiger partial charge in [-0.05, 0) is 58.4 Å². The Hall–Kier alpha value is -2.32. The van der Waals surface area contributed by atoms with Crippen molar-refractivity contribution in [1.29, 1.82) is 0 Å². The van der Waals surface area contributed by atoms with Gasteiger partial charge >= 0.3 is 5.63 Å². The average Bonchev–Trinajstić information content (AvgIpc) is 2.54. The maximum atomic E-state index is 12.8. The van der Waals surface area contributed by atoms with Crippen LogP contribution in [0.15, 0.2) is 67.1 Å². The molecule has 0 fully saturated rings. The van der Waals surface area contributed by atoms with Crippen molar-refractivity contribution in [1.82, 2.24) is 0 Å². The van der Waals surface area contributed by atoms with E-state index >= 15 is 0 Å². The predicted octanol–water partition coefficient (Wildman–Crippen LogP) is 3.42. The number of benzene rings is 2. The van der Waals surface area contributed by atoms with Gasteiger partial charge in [-0.1, -0.05) is 0 Å². The van der Waals surface area contributed by atoms with Crippen LogP contribution in [0.4, 0.5) is 11.4 Å². The van der Waals surface area contributed by atoms with E-state index in [0.29, 0.717) is 21.1 Å². The second-order valence-electron chi connectivity index (χ2n) is 5.62. The summed E-state index contributed by atoms with van der Waals surface area (Å²) in [6, 6.07) is 12.7. The molecule has 0 unspecified atom stereocenters. The average molecular weight is 423 g/mol. The molecule has 8 heteroatoms. The van der Waals surface area contributed by atoms with Crippen LogP contribution in [0.25, 0.3) is 11.0 Å². The number of fused-ring (bicyclic) bond motifs is 1. The Labute approximate surface area is 153 Å². The molecule has 25 heavy (non-hydrogen) atoms. The molecule has 2 aromatic carbocycles. The Morgan fingerprint density at radius 1 is 1.04 bits per heavy atom. The standard InChI is InChI=1S/C17H15BrN2O4S/c1-20(2)13-5-6-14(18)16(10-13)25(22,23)19-12-4-7-15-11(9-12)3-8-17(21)24-15/h3-10,19H,1-2H3. The van der Waals surface area contributed by atoms with Crippen molar-refractivity contribution in [2.75, 3.05) is 23.7 Å². The summed E-state index contributed by atoms with van der Waals surface area (Å²) >= 11 is 3.29. The molecule has 1 heterocycles. The van der Waals surface area contributed by atoms with Gasteiger partial charge in [0.05, 0.1) is 0 Å². The van der Waals surface area contributed by atoms with E-state index in [4.69, 9.17) is 4.42 Å². The Morgan fingerprint density at radius 3 is 2.52 bits per heavy atom. The fraction of sp³-hybridized carbons (Fsp3) is 0.118. The minimum Gasteiger partial charge on any atom is -0.423 e. The number of hydrogen-bond donors (Lipinski definition) is 1. The molecule has 3 rings (SSSR count). The lowest BCUT2D eigenvalue weighted by atomic mass is 10.2. The molecule has 0 amide bonds. The highest BCUT2D eigenvalue weighted by molar-refractivity contribution is 9.10.